The van der Waals surface area contributed by atoms with Crippen molar-refractivity contribution in [3.63, 3.8) is 0 Å². The minimum absolute atomic E-state index is 0.112. The molecule has 2 nitrogen and oxygen atoms in total. The summed E-state index contributed by atoms with van der Waals surface area (Å²) in [6.07, 6.45) is 18.4. The van der Waals surface area contributed by atoms with E-state index in [4.69, 9.17) is 0 Å². The molecule has 2 unspecified atom stereocenters. The molecule has 0 aliphatic heterocycles. The van der Waals surface area contributed by atoms with Crippen LogP contribution in [0, 0.1) is 11.3 Å². The molecule has 0 aromatic rings. The van der Waals surface area contributed by atoms with Gasteiger partial charge in [-0.3, -0.25) is 4.99 Å². The lowest BCUT2D eigenvalue weighted by Gasteiger charge is -2.32. The Balaban J connectivity index is 2.83. The Morgan fingerprint density at radius 3 is 2.55 bits per heavy atom. The molecule has 22 heavy (non-hydrogen) atoms. The van der Waals surface area contributed by atoms with Crippen LogP contribution < -0.4 is 0 Å². The largest absolute Gasteiger partial charge is 0.253 e. The molecule has 0 saturated carbocycles. The lowest BCUT2D eigenvalue weighted by Crippen LogP contribution is -2.22. The van der Waals surface area contributed by atoms with E-state index in [1.54, 1.807) is 0 Å². The highest BCUT2D eigenvalue weighted by atomic mass is 14.8. The van der Waals surface area contributed by atoms with Crippen molar-refractivity contribution in [3.05, 3.63) is 35.6 Å². The number of allylic oxidation sites excluding steroid dienone is 5. The predicted molar refractivity (Wildman–Crippen MR) is 99.7 cm³/mol. The van der Waals surface area contributed by atoms with Gasteiger partial charge in [0.2, 0.25) is 0 Å². The molecule has 0 bridgehead atoms. The topological polar surface area (TPSA) is 24.7 Å². The van der Waals surface area contributed by atoms with Gasteiger partial charge in [-0.15, -0.1) is 0 Å². The highest BCUT2D eigenvalue weighted by molar-refractivity contribution is 5.64. The fraction of sp³-hybridized carbons (Fsp3) is 0.600. The number of rotatable bonds is 9. The van der Waals surface area contributed by atoms with E-state index >= 15 is 0 Å². The SMILES string of the molecule is C=NC=NC1=C(C)C=CC(C)(C(CC)CCCCCC)C=C1. The second-order valence-corrected chi connectivity index (χ2v) is 6.48. The van der Waals surface area contributed by atoms with Crippen molar-refractivity contribution >= 4 is 13.1 Å². The molecule has 0 radical (unpaired) electrons. The summed E-state index contributed by atoms with van der Waals surface area (Å²) in [7, 11) is 0. The molecule has 0 amide bonds. The average Bonchev–Trinajstić information content (AvgIpc) is 2.66. The van der Waals surface area contributed by atoms with Crippen molar-refractivity contribution in [1.29, 1.82) is 0 Å². The van der Waals surface area contributed by atoms with Crippen LogP contribution in [0.4, 0.5) is 0 Å². The minimum Gasteiger partial charge on any atom is -0.253 e. The Hall–Kier alpha value is -1.44. The summed E-state index contributed by atoms with van der Waals surface area (Å²) >= 11 is 0. The van der Waals surface area contributed by atoms with Crippen LogP contribution in [0.15, 0.2) is 45.6 Å². The van der Waals surface area contributed by atoms with Gasteiger partial charge >= 0.3 is 0 Å². The zero-order valence-corrected chi connectivity index (χ0v) is 14.8. The van der Waals surface area contributed by atoms with Crippen molar-refractivity contribution in [2.24, 2.45) is 21.3 Å². The van der Waals surface area contributed by atoms with Crippen molar-refractivity contribution in [1.82, 2.24) is 0 Å². The highest BCUT2D eigenvalue weighted by Gasteiger charge is 2.28. The lowest BCUT2D eigenvalue weighted by molar-refractivity contribution is 0.285. The van der Waals surface area contributed by atoms with E-state index in [0.717, 1.165) is 5.70 Å². The maximum Gasteiger partial charge on any atom is 0.115 e. The Kier molecular flexibility index (Phi) is 8.08. The van der Waals surface area contributed by atoms with Gasteiger partial charge in [-0.25, -0.2) is 4.99 Å². The van der Waals surface area contributed by atoms with Crippen molar-refractivity contribution in [3.8, 4) is 0 Å². The summed E-state index contributed by atoms with van der Waals surface area (Å²) < 4.78 is 0. The molecule has 1 aliphatic rings. The summed E-state index contributed by atoms with van der Waals surface area (Å²) in [6.45, 7) is 12.5. The molecule has 0 aromatic heterocycles. The third kappa shape index (κ3) is 5.40. The molecule has 122 valence electrons. The van der Waals surface area contributed by atoms with Gasteiger partial charge in [-0.2, -0.15) is 0 Å². The quantitative estimate of drug-likeness (QED) is 0.278. The smallest absolute Gasteiger partial charge is 0.115 e. The molecule has 1 aliphatic carbocycles. The van der Waals surface area contributed by atoms with E-state index in [-0.39, 0.29) is 5.41 Å². The van der Waals surface area contributed by atoms with Gasteiger partial charge in [0.25, 0.3) is 0 Å². The van der Waals surface area contributed by atoms with Crippen molar-refractivity contribution < 1.29 is 0 Å². The summed E-state index contributed by atoms with van der Waals surface area (Å²) in [5.74, 6) is 0.686. The Bertz CT molecular complexity index is 468. The number of hydrogen-bond donors (Lipinski definition) is 0. The monoisotopic (exact) mass is 300 g/mol. The highest BCUT2D eigenvalue weighted by Crippen LogP contribution is 2.39. The van der Waals surface area contributed by atoms with Gasteiger partial charge in [-0.1, -0.05) is 71.1 Å². The predicted octanol–water partition coefficient (Wildman–Crippen LogP) is 6.12. The second kappa shape index (κ2) is 9.55. The second-order valence-electron chi connectivity index (χ2n) is 6.48. The van der Waals surface area contributed by atoms with Crippen molar-refractivity contribution in [2.75, 3.05) is 0 Å². The Morgan fingerprint density at radius 2 is 1.91 bits per heavy atom. The average molecular weight is 300 g/mol. The third-order valence-electron chi connectivity index (χ3n) is 4.75. The van der Waals surface area contributed by atoms with Crippen LogP contribution in [0.1, 0.15) is 66.2 Å². The first kappa shape index (κ1) is 18.6. The van der Waals surface area contributed by atoms with E-state index in [1.165, 1.54) is 50.4 Å². The van der Waals surface area contributed by atoms with Crippen LogP contribution in [0.5, 0.6) is 0 Å². The summed E-state index contributed by atoms with van der Waals surface area (Å²) in [6, 6.07) is 0. The summed E-state index contributed by atoms with van der Waals surface area (Å²) in [5.41, 5.74) is 2.27. The first-order chi connectivity index (χ1) is 10.6. The number of hydrogen-bond acceptors (Lipinski definition) is 1. The molecular formula is C20H32N2. The third-order valence-corrected chi connectivity index (χ3v) is 4.75. The first-order valence-corrected chi connectivity index (χ1v) is 8.65. The van der Waals surface area contributed by atoms with Crippen LogP contribution in [-0.4, -0.2) is 13.1 Å². The molecule has 0 heterocycles. The lowest BCUT2D eigenvalue weighted by atomic mass is 9.72. The number of aliphatic imine (C=N–C) groups is 2. The first-order valence-electron chi connectivity index (χ1n) is 8.65. The summed E-state index contributed by atoms with van der Waals surface area (Å²) in [4.78, 5) is 8.07. The molecular weight excluding hydrogens is 268 g/mol. The summed E-state index contributed by atoms with van der Waals surface area (Å²) in [5, 5.41) is 0. The molecule has 1 rings (SSSR count). The molecule has 0 aromatic carbocycles. The van der Waals surface area contributed by atoms with Gasteiger partial charge in [0.05, 0.1) is 5.70 Å². The van der Waals surface area contributed by atoms with Crippen LogP contribution in [0.2, 0.25) is 0 Å². The van der Waals surface area contributed by atoms with E-state index in [1.807, 2.05) is 0 Å². The van der Waals surface area contributed by atoms with Crippen LogP contribution in [0.25, 0.3) is 0 Å². The normalized spacial score (nSPS) is 23.1. The fourth-order valence-corrected chi connectivity index (χ4v) is 3.13. The molecule has 0 N–H and O–H groups in total. The molecule has 0 spiro atoms. The van der Waals surface area contributed by atoms with Crippen LogP contribution >= 0.6 is 0 Å². The van der Waals surface area contributed by atoms with Gasteiger partial charge < -0.3 is 0 Å². The Labute approximate surface area is 136 Å². The molecule has 2 heteroatoms. The molecule has 0 saturated heterocycles. The fourth-order valence-electron chi connectivity index (χ4n) is 3.13. The van der Waals surface area contributed by atoms with E-state index in [0.29, 0.717) is 5.92 Å². The van der Waals surface area contributed by atoms with Gasteiger partial charge in [0.1, 0.15) is 6.34 Å². The molecule has 2 atom stereocenters. The van der Waals surface area contributed by atoms with E-state index < -0.39 is 0 Å². The van der Waals surface area contributed by atoms with Gasteiger partial charge in [0, 0.05) is 5.41 Å². The van der Waals surface area contributed by atoms with Crippen LogP contribution in [-0.2, 0) is 0 Å². The zero-order valence-electron chi connectivity index (χ0n) is 14.8. The number of nitrogens with zero attached hydrogens (tertiary/aromatic N) is 2. The maximum atomic E-state index is 4.37. The zero-order chi connectivity index (χ0) is 16.4. The van der Waals surface area contributed by atoms with Gasteiger partial charge in [0.15, 0.2) is 0 Å². The molecule has 0 fully saturated rings. The number of unbranched alkanes of at least 4 members (excludes halogenated alkanes) is 3. The van der Waals surface area contributed by atoms with E-state index in [2.05, 4.69) is 68.7 Å². The van der Waals surface area contributed by atoms with E-state index in [9.17, 15) is 0 Å². The standard InChI is InChI=1S/C20H32N2/c1-6-8-9-10-11-18(7-2)20(4)14-12-17(3)19(13-15-20)22-16-21-5/h12-16,18H,5-11H2,1-4H3. The van der Waals surface area contributed by atoms with Gasteiger partial charge in [-0.05, 0) is 37.6 Å². The minimum atomic E-state index is 0.112. The Morgan fingerprint density at radius 1 is 1.18 bits per heavy atom. The van der Waals surface area contributed by atoms with Crippen molar-refractivity contribution in [2.45, 2.75) is 66.2 Å². The van der Waals surface area contributed by atoms with Crippen LogP contribution in [0.3, 0.4) is 0 Å². The maximum absolute atomic E-state index is 4.37.